The molecule has 1 fully saturated rings. The number of para-hydroxylation sites is 1. The lowest BCUT2D eigenvalue weighted by Gasteiger charge is -2.17. The van der Waals surface area contributed by atoms with Crippen molar-refractivity contribution in [1.82, 2.24) is 10.3 Å². The van der Waals surface area contributed by atoms with Crippen LogP contribution >= 0.6 is 11.3 Å². The van der Waals surface area contributed by atoms with E-state index in [2.05, 4.69) is 10.3 Å². The fraction of sp³-hybridized carbons (Fsp3) is 0.190. The van der Waals surface area contributed by atoms with Crippen LogP contribution in [0.4, 0.5) is 10.1 Å². The molecule has 0 bridgehead atoms. The minimum atomic E-state index is -0.319. The maximum absolute atomic E-state index is 13.4. The number of rotatable bonds is 5. The molecular formula is C21H18FN3O2S. The highest BCUT2D eigenvalue weighted by atomic mass is 32.1. The highest BCUT2D eigenvalue weighted by Crippen LogP contribution is 2.25. The van der Waals surface area contributed by atoms with E-state index >= 15 is 0 Å². The summed E-state index contributed by atoms with van der Waals surface area (Å²) < 4.78 is 13.4. The monoisotopic (exact) mass is 395 g/mol. The molecule has 0 spiro atoms. The summed E-state index contributed by atoms with van der Waals surface area (Å²) in [5, 5.41) is 5.39. The van der Waals surface area contributed by atoms with Crippen LogP contribution in [-0.4, -0.2) is 29.4 Å². The first-order valence-corrected chi connectivity index (χ1v) is 9.81. The van der Waals surface area contributed by atoms with Gasteiger partial charge in [-0.15, -0.1) is 11.3 Å². The van der Waals surface area contributed by atoms with Gasteiger partial charge in [0.2, 0.25) is 11.8 Å². The van der Waals surface area contributed by atoms with Crippen LogP contribution in [0.2, 0.25) is 0 Å². The van der Waals surface area contributed by atoms with Crippen molar-refractivity contribution in [3.63, 3.8) is 0 Å². The van der Waals surface area contributed by atoms with E-state index in [-0.39, 0.29) is 36.5 Å². The SMILES string of the molecule is O=C(Cc1csc(-c2cccc(F)c2)n1)N[C@@H]1CC(=O)N(c2ccccc2)C1. The number of nitrogens with one attached hydrogen (secondary N) is 1. The van der Waals surface area contributed by atoms with Crippen molar-refractivity contribution in [3.05, 3.63) is 71.5 Å². The minimum absolute atomic E-state index is 0.00134. The zero-order valence-electron chi connectivity index (χ0n) is 15.0. The van der Waals surface area contributed by atoms with Crippen molar-refractivity contribution < 1.29 is 14.0 Å². The summed E-state index contributed by atoms with van der Waals surface area (Å²) in [5.74, 6) is -0.497. The van der Waals surface area contributed by atoms with Gasteiger partial charge in [0.1, 0.15) is 10.8 Å². The lowest BCUT2D eigenvalue weighted by molar-refractivity contribution is -0.121. The Labute approximate surface area is 165 Å². The Bertz CT molecular complexity index is 1010. The van der Waals surface area contributed by atoms with E-state index in [4.69, 9.17) is 0 Å². The lowest BCUT2D eigenvalue weighted by Crippen LogP contribution is -2.38. The molecule has 28 heavy (non-hydrogen) atoms. The van der Waals surface area contributed by atoms with Crippen LogP contribution in [0.3, 0.4) is 0 Å². The molecule has 1 saturated heterocycles. The van der Waals surface area contributed by atoms with Crippen LogP contribution in [0, 0.1) is 5.82 Å². The summed E-state index contributed by atoms with van der Waals surface area (Å²) in [7, 11) is 0. The Hall–Kier alpha value is -3.06. The van der Waals surface area contributed by atoms with Gasteiger partial charge < -0.3 is 10.2 Å². The Balaban J connectivity index is 1.36. The summed E-state index contributed by atoms with van der Waals surface area (Å²) >= 11 is 1.37. The van der Waals surface area contributed by atoms with E-state index < -0.39 is 0 Å². The molecule has 1 N–H and O–H groups in total. The van der Waals surface area contributed by atoms with Crippen LogP contribution in [-0.2, 0) is 16.0 Å². The van der Waals surface area contributed by atoms with Crippen molar-refractivity contribution in [2.75, 3.05) is 11.4 Å². The zero-order chi connectivity index (χ0) is 19.5. The van der Waals surface area contributed by atoms with E-state index in [1.54, 1.807) is 22.4 Å². The smallest absolute Gasteiger partial charge is 0.229 e. The number of amides is 2. The second-order valence-electron chi connectivity index (χ2n) is 6.64. The van der Waals surface area contributed by atoms with Crippen LogP contribution in [0.25, 0.3) is 10.6 Å². The summed E-state index contributed by atoms with van der Waals surface area (Å²) in [6.07, 6.45) is 0.411. The van der Waals surface area contributed by atoms with E-state index in [1.807, 2.05) is 30.3 Å². The normalized spacial score (nSPS) is 16.4. The minimum Gasteiger partial charge on any atom is -0.351 e. The van der Waals surface area contributed by atoms with Gasteiger partial charge in [-0.05, 0) is 24.3 Å². The molecule has 2 heterocycles. The number of anilines is 1. The summed E-state index contributed by atoms with van der Waals surface area (Å²) in [4.78, 5) is 30.7. The molecule has 142 valence electrons. The first-order valence-electron chi connectivity index (χ1n) is 8.93. The molecule has 2 aromatic carbocycles. The third kappa shape index (κ3) is 4.09. The van der Waals surface area contributed by atoms with Crippen molar-refractivity contribution in [1.29, 1.82) is 0 Å². The summed E-state index contributed by atoms with van der Waals surface area (Å²) in [6, 6.07) is 15.4. The van der Waals surface area contributed by atoms with Gasteiger partial charge in [-0.1, -0.05) is 30.3 Å². The molecule has 7 heteroatoms. The van der Waals surface area contributed by atoms with Crippen LogP contribution in [0.5, 0.6) is 0 Å². The van der Waals surface area contributed by atoms with E-state index in [0.29, 0.717) is 22.8 Å². The highest BCUT2D eigenvalue weighted by molar-refractivity contribution is 7.13. The quantitative estimate of drug-likeness (QED) is 0.720. The fourth-order valence-electron chi connectivity index (χ4n) is 3.25. The molecule has 1 aromatic heterocycles. The maximum Gasteiger partial charge on any atom is 0.229 e. The average Bonchev–Trinajstić information content (AvgIpc) is 3.29. The molecule has 0 saturated carbocycles. The van der Waals surface area contributed by atoms with Crippen LogP contribution < -0.4 is 10.2 Å². The summed E-state index contributed by atoms with van der Waals surface area (Å²) in [6.45, 7) is 0.459. The van der Waals surface area contributed by atoms with Crippen molar-refractivity contribution in [2.24, 2.45) is 0 Å². The van der Waals surface area contributed by atoms with Gasteiger partial charge in [0.15, 0.2) is 0 Å². The number of carbonyl (C=O) groups excluding carboxylic acids is 2. The molecule has 5 nitrogen and oxygen atoms in total. The number of hydrogen-bond donors (Lipinski definition) is 1. The van der Waals surface area contributed by atoms with E-state index in [0.717, 1.165) is 5.69 Å². The standard InChI is InChI=1S/C21H18FN3O2S/c22-15-6-4-5-14(9-15)21-24-17(13-28-21)10-19(26)23-16-11-20(27)25(12-16)18-7-2-1-3-8-18/h1-9,13,16H,10-12H2,(H,23,26)/t16-/m1/s1. The summed E-state index contributed by atoms with van der Waals surface area (Å²) in [5.41, 5.74) is 2.16. The lowest BCUT2D eigenvalue weighted by atomic mass is 10.2. The van der Waals surface area contributed by atoms with Gasteiger partial charge in [0.05, 0.1) is 18.2 Å². The van der Waals surface area contributed by atoms with Gasteiger partial charge in [0.25, 0.3) is 0 Å². The van der Waals surface area contributed by atoms with E-state index in [9.17, 15) is 14.0 Å². The first kappa shape index (κ1) is 18.3. The van der Waals surface area contributed by atoms with Crippen molar-refractivity contribution in [3.8, 4) is 10.6 Å². The Kier molecular flexibility index (Phi) is 5.16. The molecule has 1 aliphatic rings. The second kappa shape index (κ2) is 7.90. The first-order chi connectivity index (χ1) is 13.6. The molecule has 0 unspecified atom stereocenters. The number of halogens is 1. The van der Waals surface area contributed by atoms with Gasteiger partial charge in [0, 0.05) is 29.6 Å². The largest absolute Gasteiger partial charge is 0.351 e. The Morgan fingerprint density at radius 3 is 2.82 bits per heavy atom. The van der Waals surface area contributed by atoms with Gasteiger partial charge in [-0.3, -0.25) is 9.59 Å². The molecule has 2 amide bonds. The Morgan fingerprint density at radius 2 is 2.04 bits per heavy atom. The van der Waals surface area contributed by atoms with Gasteiger partial charge in [-0.25, -0.2) is 9.37 Å². The third-order valence-electron chi connectivity index (χ3n) is 4.52. The number of aromatic nitrogens is 1. The molecule has 1 aliphatic heterocycles. The van der Waals surface area contributed by atoms with Crippen LogP contribution in [0.1, 0.15) is 12.1 Å². The third-order valence-corrected chi connectivity index (χ3v) is 5.46. The number of carbonyl (C=O) groups is 2. The highest BCUT2D eigenvalue weighted by Gasteiger charge is 2.31. The van der Waals surface area contributed by atoms with Crippen LogP contribution in [0.15, 0.2) is 60.0 Å². The molecule has 3 aromatic rings. The van der Waals surface area contributed by atoms with Crippen molar-refractivity contribution >= 4 is 28.8 Å². The number of hydrogen-bond acceptors (Lipinski definition) is 4. The zero-order valence-corrected chi connectivity index (χ0v) is 15.8. The number of thiazole rings is 1. The maximum atomic E-state index is 13.4. The predicted octanol–water partition coefficient (Wildman–Crippen LogP) is 3.41. The predicted molar refractivity (Wildman–Crippen MR) is 107 cm³/mol. The van der Waals surface area contributed by atoms with Gasteiger partial charge >= 0.3 is 0 Å². The fourth-order valence-corrected chi connectivity index (χ4v) is 4.06. The van der Waals surface area contributed by atoms with E-state index in [1.165, 1.54) is 23.5 Å². The second-order valence-corrected chi connectivity index (χ2v) is 7.50. The molecule has 0 radical (unpaired) electrons. The molecular weight excluding hydrogens is 377 g/mol. The Morgan fingerprint density at radius 1 is 1.21 bits per heavy atom. The number of nitrogens with zero attached hydrogens (tertiary/aromatic N) is 2. The van der Waals surface area contributed by atoms with Crippen molar-refractivity contribution in [2.45, 2.75) is 18.9 Å². The average molecular weight is 395 g/mol. The molecule has 0 aliphatic carbocycles. The molecule has 4 rings (SSSR count). The van der Waals surface area contributed by atoms with Gasteiger partial charge in [-0.2, -0.15) is 0 Å². The number of benzene rings is 2. The molecule has 1 atom stereocenters. The topological polar surface area (TPSA) is 62.3 Å².